The number of imidazole rings is 1. The van der Waals surface area contributed by atoms with Crippen molar-refractivity contribution >= 4 is 28.3 Å². The number of hydrogen-bond donors (Lipinski definition) is 1. The van der Waals surface area contributed by atoms with Gasteiger partial charge in [0.15, 0.2) is 0 Å². The van der Waals surface area contributed by atoms with E-state index in [0.717, 1.165) is 22.4 Å². The number of esters is 1. The standard InChI is InChI=1S/C18H12N2O2S/c21-18(16-6-3-11-23-16)22-13-9-7-12(8-10-13)17-19-14-4-1-2-5-15(14)20-17/h1-11H,(H,19,20). The number of nitrogens with zero attached hydrogens (tertiary/aromatic N) is 1. The maximum atomic E-state index is 11.9. The molecule has 4 rings (SSSR count). The van der Waals surface area contributed by atoms with E-state index in [1.807, 2.05) is 47.8 Å². The molecule has 2 aromatic carbocycles. The first kappa shape index (κ1) is 13.7. The maximum absolute atomic E-state index is 11.9. The van der Waals surface area contributed by atoms with Crippen molar-refractivity contribution in [3.63, 3.8) is 0 Å². The van der Waals surface area contributed by atoms with Crippen LogP contribution in [0.4, 0.5) is 0 Å². The fraction of sp³-hybridized carbons (Fsp3) is 0. The van der Waals surface area contributed by atoms with Gasteiger partial charge in [-0.15, -0.1) is 11.3 Å². The number of benzene rings is 2. The molecule has 2 heterocycles. The van der Waals surface area contributed by atoms with Crippen LogP contribution in [-0.2, 0) is 0 Å². The van der Waals surface area contributed by atoms with E-state index in [0.29, 0.717) is 10.6 Å². The number of carbonyl (C=O) groups is 1. The quantitative estimate of drug-likeness (QED) is 0.446. The van der Waals surface area contributed by atoms with Crippen molar-refractivity contribution < 1.29 is 9.53 Å². The summed E-state index contributed by atoms with van der Waals surface area (Å²) in [6.07, 6.45) is 0. The van der Waals surface area contributed by atoms with Crippen LogP contribution in [0.2, 0.25) is 0 Å². The van der Waals surface area contributed by atoms with Crippen LogP contribution in [-0.4, -0.2) is 15.9 Å². The zero-order valence-corrected chi connectivity index (χ0v) is 12.8. The Morgan fingerprint density at radius 1 is 1.00 bits per heavy atom. The summed E-state index contributed by atoms with van der Waals surface area (Å²) in [5, 5.41) is 1.85. The van der Waals surface area contributed by atoms with E-state index in [4.69, 9.17) is 4.74 Å². The summed E-state index contributed by atoms with van der Waals surface area (Å²) in [5.74, 6) is 0.974. The molecule has 23 heavy (non-hydrogen) atoms. The van der Waals surface area contributed by atoms with Crippen LogP contribution in [0.5, 0.6) is 5.75 Å². The number of rotatable bonds is 3. The predicted octanol–water partition coefficient (Wildman–Crippen LogP) is 4.51. The average Bonchev–Trinajstić information content (AvgIpc) is 3.25. The van der Waals surface area contributed by atoms with E-state index in [9.17, 15) is 4.79 Å². The molecule has 0 saturated carbocycles. The van der Waals surface area contributed by atoms with Crippen LogP contribution in [0.3, 0.4) is 0 Å². The third kappa shape index (κ3) is 2.74. The fourth-order valence-corrected chi connectivity index (χ4v) is 2.92. The molecule has 0 spiro atoms. The third-order valence-electron chi connectivity index (χ3n) is 3.45. The highest BCUT2D eigenvalue weighted by atomic mass is 32.1. The van der Waals surface area contributed by atoms with Crippen molar-refractivity contribution in [3.05, 3.63) is 70.9 Å². The lowest BCUT2D eigenvalue weighted by atomic mass is 10.2. The van der Waals surface area contributed by atoms with Gasteiger partial charge in [0.1, 0.15) is 16.5 Å². The Labute approximate surface area is 136 Å². The van der Waals surface area contributed by atoms with Gasteiger partial charge in [-0.2, -0.15) is 0 Å². The molecule has 0 unspecified atom stereocenters. The van der Waals surface area contributed by atoms with Gasteiger partial charge < -0.3 is 9.72 Å². The van der Waals surface area contributed by atoms with E-state index in [1.165, 1.54) is 11.3 Å². The molecule has 112 valence electrons. The van der Waals surface area contributed by atoms with Crippen LogP contribution >= 0.6 is 11.3 Å². The summed E-state index contributed by atoms with van der Waals surface area (Å²) in [4.78, 5) is 20.3. The maximum Gasteiger partial charge on any atom is 0.353 e. The molecule has 0 fully saturated rings. The minimum absolute atomic E-state index is 0.337. The summed E-state index contributed by atoms with van der Waals surface area (Å²) in [7, 11) is 0. The van der Waals surface area contributed by atoms with Gasteiger partial charge in [0, 0.05) is 5.56 Å². The van der Waals surface area contributed by atoms with Gasteiger partial charge in [-0.25, -0.2) is 9.78 Å². The second kappa shape index (κ2) is 5.70. The van der Waals surface area contributed by atoms with Crippen LogP contribution in [0.15, 0.2) is 66.0 Å². The number of aromatic amines is 1. The number of para-hydroxylation sites is 2. The molecular formula is C18H12N2O2S. The van der Waals surface area contributed by atoms with Crippen LogP contribution in [0.25, 0.3) is 22.4 Å². The van der Waals surface area contributed by atoms with Gasteiger partial charge in [0.05, 0.1) is 11.0 Å². The van der Waals surface area contributed by atoms with Crippen molar-refractivity contribution in [1.29, 1.82) is 0 Å². The molecule has 0 radical (unpaired) electrons. The summed E-state index contributed by atoms with van der Waals surface area (Å²) in [6.45, 7) is 0. The number of hydrogen-bond acceptors (Lipinski definition) is 4. The number of H-pyrrole nitrogens is 1. The normalized spacial score (nSPS) is 10.8. The molecule has 0 aliphatic rings. The molecule has 0 amide bonds. The minimum Gasteiger partial charge on any atom is -0.422 e. The Morgan fingerprint density at radius 3 is 2.57 bits per heavy atom. The van der Waals surface area contributed by atoms with E-state index in [1.54, 1.807) is 18.2 Å². The fourth-order valence-electron chi connectivity index (χ4n) is 2.32. The molecule has 5 heteroatoms. The van der Waals surface area contributed by atoms with Gasteiger partial charge >= 0.3 is 5.97 Å². The summed E-state index contributed by atoms with van der Waals surface area (Å²) in [6, 6.07) is 18.8. The number of nitrogens with one attached hydrogen (secondary N) is 1. The number of fused-ring (bicyclic) bond motifs is 1. The Balaban J connectivity index is 1.57. The van der Waals surface area contributed by atoms with Gasteiger partial charge in [-0.1, -0.05) is 18.2 Å². The van der Waals surface area contributed by atoms with Crippen molar-refractivity contribution in [3.8, 4) is 17.1 Å². The Hall–Kier alpha value is -2.92. The molecule has 0 aliphatic heterocycles. The number of carbonyl (C=O) groups excluding carboxylic acids is 1. The second-order valence-electron chi connectivity index (χ2n) is 4.99. The molecule has 0 atom stereocenters. The molecule has 4 nitrogen and oxygen atoms in total. The molecule has 0 saturated heterocycles. The largest absolute Gasteiger partial charge is 0.422 e. The van der Waals surface area contributed by atoms with Gasteiger partial charge in [0.25, 0.3) is 0 Å². The minimum atomic E-state index is -0.337. The van der Waals surface area contributed by atoms with E-state index < -0.39 is 0 Å². The van der Waals surface area contributed by atoms with Crippen LogP contribution < -0.4 is 4.74 Å². The Morgan fingerprint density at radius 2 is 1.83 bits per heavy atom. The number of aromatic nitrogens is 2. The lowest BCUT2D eigenvalue weighted by Gasteiger charge is -2.03. The molecular weight excluding hydrogens is 308 g/mol. The van der Waals surface area contributed by atoms with Crippen molar-refractivity contribution in [1.82, 2.24) is 9.97 Å². The molecule has 1 N–H and O–H groups in total. The summed E-state index contributed by atoms with van der Waals surface area (Å²) < 4.78 is 5.35. The monoisotopic (exact) mass is 320 g/mol. The molecule has 0 bridgehead atoms. The van der Waals surface area contributed by atoms with E-state index in [2.05, 4.69) is 9.97 Å². The molecule has 2 aromatic heterocycles. The highest BCUT2D eigenvalue weighted by Crippen LogP contribution is 2.23. The third-order valence-corrected chi connectivity index (χ3v) is 4.30. The summed E-state index contributed by atoms with van der Waals surface area (Å²) in [5.41, 5.74) is 2.86. The highest BCUT2D eigenvalue weighted by molar-refractivity contribution is 7.12. The van der Waals surface area contributed by atoms with Crippen LogP contribution in [0, 0.1) is 0 Å². The lowest BCUT2D eigenvalue weighted by molar-refractivity contribution is 0.0740. The van der Waals surface area contributed by atoms with E-state index in [-0.39, 0.29) is 5.97 Å². The number of thiophene rings is 1. The SMILES string of the molecule is O=C(Oc1ccc(-c2nc3ccccc3[nH]2)cc1)c1cccs1. The van der Waals surface area contributed by atoms with E-state index >= 15 is 0 Å². The van der Waals surface area contributed by atoms with Crippen LogP contribution in [0.1, 0.15) is 9.67 Å². The van der Waals surface area contributed by atoms with Gasteiger partial charge in [0.2, 0.25) is 0 Å². The first-order valence-electron chi connectivity index (χ1n) is 7.10. The zero-order chi connectivity index (χ0) is 15.6. The van der Waals surface area contributed by atoms with Crippen molar-refractivity contribution in [2.45, 2.75) is 0 Å². The Bertz CT molecular complexity index is 923. The lowest BCUT2D eigenvalue weighted by Crippen LogP contribution is -2.05. The first-order valence-corrected chi connectivity index (χ1v) is 7.98. The highest BCUT2D eigenvalue weighted by Gasteiger charge is 2.10. The smallest absolute Gasteiger partial charge is 0.353 e. The average molecular weight is 320 g/mol. The van der Waals surface area contributed by atoms with Gasteiger partial charge in [-0.3, -0.25) is 0 Å². The van der Waals surface area contributed by atoms with Crippen molar-refractivity contribution in [2.24, 2.45) is 0 Å². The van der Waals surface area contributed by atoms with Crippen molar-refractivity contribution in [2.75, 3.05) is 0 Å². The zero-order valence-electron chi connectivity index (χ0n) is 12.0. The topological polar surface area (TPSA) is 55.0 Å². The number of ether oxygens (including phenoxy) is 1. The predicted molar refractivity (Wildman–Crippen MR) is 90.8 cm³/mol. The second-order valence-corrected chi connectivity index (χ2v) is 5.94. The Kier molecular flexibility index (Phi) is 3.40. The van der Waals surface area contributed by atoms with Gasteiger partial charge in [-0.05, 0) is 47.8 Å². The molecule has 4 aromatic rings. The first-order chi connectivity index (χ1) is 11.3. The summed E-state index contributed by atoms with van der Waals surface area (Å²) >= 11 is 1.36. The molecule has 0 aliphatic carbocycles.